The first-order valence-electron chi connectivity index (χ1n) is 3.75. The highest BCUT2D eigenvalue weighted by molar-refractivity contribution is 5.23. The first-order chi connectivity index (χ1) is 4.79. The Labute approximate surface area is 62.4 Å². The van der Waals surface area contributed by atoms with Crippen LogP contribution in [0.15, 0.2) is 23.8 Å². The van der Waals surface area contributed by atoms with Crippen LogP contribution in [0, 0.1) is 0 Å². The van der Waals surface area contributed by atoms with Crippen molar-refractivity contribution in [3.05, 3.63) is 23.8 Å². The molecule has 1 aliphatic rings. The lowest BCUT2D eigenvalue weighted by Crippen LogP contribution is -2.04. The highest BCUT2D eigenvalue weighted by Gasteiger charge is 1.99. The van der Waals surface area contributed by atoms with Crippen LogP contribution in [-0.4, -0.2) is 12.7 Å². The fourth-order valence-electron chi connectivity index (χ4n) is 0.872. The van der Waals surface area contributed by atoms with Gasteiger partial charge < -0.3 is 4.74 Å². The van der Waals surface area contributed by atoms with Gasteiger partial charge in [-0.1, -0.05) is 18.2 Å². The van der Waals surface area contributed by atoms with Crippen LogP contribution in [0.1, 0.15) is 20.3 Å². The zero-order chi connectivity index (χ0) is 7.40. The highest BCUT2D eigenvalue weighted by Crippen LogP contribution is 2.10. The molecule has 0 aromatic rings. The molecule has 1 rings (SSSR count). The molecule has 1 aliphatic carbocycles. The molecule has 0 unspecified atom stereocenters. The van der Waals surface area contributed by atoms with Crippen molar-refractivity contribution in [3.63, 3.8) is 0 Å². The van der Waals surface area contributed by atoms with Gasteiger partial charge in [0.1, 0.15) is 0 Å². The minimum Gasteiger partial charge on any atom is -0.374 e. The topological polar surface area (TPSA) is 9.23 Å². The van der Waals surface area contributed by atoms with E-state index in [-0.39, 0.29) is 0 Å². The van der Waals surface area contributed by atoms with Crippen molar-refractivity contribution in [1.29, 1.82) is 0 Å². The Balaban J connectivity index is 2.15. The molecule has 0 saturated heterocycles. The summed E-state index contributed by atoms with van der Waals surface area (Å²) in [6, 6.07) is 0. The van der Waals surface area contributed by atoms with Crippen LogP contribution in [0.3, 0.4) is 0 Å². The molecule has 0 atom stereocenters. The van der Waals surface area contributed by atoms with Crippen LogP contribution < -0.4 is 0 Å². The predicted molar refractivity (Wildman–Crippen MR) is 42.9 cm³/mol. The van der Waals surface area contributed by atoms with Gasteiger partial charge in [-0.25, -0.2) is 0 Å². The lowest BCUT2D eigenvalue weighted by Gasteiger charge is -2.06. The van der Waals surface area contributed by atoms with E-state index in [1.807, 2.05) is 0 Å². The van der Waals surface area contributed by atoms with E-state index < -0.39 is 0 Å². The summed E-state index contributed by atoms with van der Waals surface area (Å²) in [5, 5.41) is 0. The van der Waals surface area contributed by atoms with Crippen molar-refractivity contribution in [2.75, 3.05) is 6.61 Å². The van der Waals surface area contributed by atoms with Gasteiger partial charge in [-0.05, 0) is 25.8 Å². The zero-order valence-corrected chi connectivity index (χ0v) is 6.63. The summed E-state index contributed by atoms with van der Waals surface area (Å²) < 4.78 is 5.42. The van der Waals surface area contributed by atoms with Gasteiger partial charge in [-0.15, -0.1) is 0 Å². The van der Waals surface area contributed by atoms with Crippen LogP contribution >= 0.6 is 0 Å². The molecule has 0 saturated carbocycles. The molecule has 10 heavy (non-hydrogen) atoms. The van der Waals surface area contributed by atoms with E-state index in [1.165, 1.54) is 5.57 Å². The average molecular weight is 138 g/mol. The number of hydrogen-bond acceptors (Lipinski definition) is 1. The normalized spacial score (nSPS) is 16.5. The van der Waals surface area contributed by atoms with Crippen molar-refractivity contribution in [3.8, 4) is 0 Å². The first kappa shape index (κ1) is 7.55. The van der Waals surface area contributed by atoms with Crippen LogP contribution in [0.2, 0.25) is 0 Å². The Morgan fingerprint density at radius 1 is 1.60 bits per heavy atom. The van der Waals surface area contributed by atoms with Crippen molar-refractivity contribution in [2.24, 2.45) is 0 Å². The molecule has 0 spiro atoms. The van der Waals surface area contributed by atoms with Crippen LogP contribution in [0.4, 0.5) is 0 Å². The van der Waals surface area contributed by atoms with E-state index in [4.69, 9.17) is 4.74 Å². The molecule has 0 bridgehead atoms. The molecule has 0 amide bonds. The maximum absolute atomic E-state index is 5.42. The van der Waals surface area contributed by atoms with Gasteiger partial charge in [0.15, 0.2) is 0 Å². The molecule has 0 aromatic carbocycles. The van der Waals surface area contributed by atoms with Gasteiger partial charge in [-0.2, -0.15) is 0 Å². The van der Waals surface area contributed by atoms with E-state index in [0.29, 0.717) is 6.10 Å². The maximum atomic E-state index is 5.42. The SMILES string of the molecule is CC(C)OCC1=CC=CC1. The molecule has 0 aliphatic heterocycles. The first-order valence-corrected chi connectivity index (χ1v) is 3.75. The van der Waals surface area contributed by atoms with Crippen LogP contribution in [-0.2, 0) is 4.74 Å². The lowest BCUT2D eigenvalue weighted by atomic mass is 10.2. The summed E-state index contributed by atoms with van der Waals surface area (Å²) in [6.45, 7) is 4.91. The minimum atomic E-state index is 0.349. The third-order valence-electron chi connectivity index (χ3n) is 1.45. The Kier molecular flexibility index (Phi) is 2.69. The van der Waals surface area contributed by atoms with Gasteiger partial charge in [-0.3, -0.25) is 0 Å². The largest absolute Gasteiger partial charge is 0.374 e. The Bertz CT molecular complexity index is 154. The number of ether oxygens (including phenoxy) is 1. The quantitative estimate of drug-likeness (QED) is 0.581. The second kappa shape index (κ2) is 3.57. The fourth-order valence-corrected chi connectivity index (χ4v) is 0.872. The Hall–Kier alpha value is -0.560. The molecule has 1 heteroatoms. The minimum absolute atomic E-state index is 0.349. The maximum Gasteiger partial charge on any atom is 0.0686 e. The van der Waals surface area contributed by atoms with Crippen molar-refractivity contribution in [1.82, 2.24) is 0 Å². The summed E-state index contributed by atoms with van der Waals surface area (Å²) in [6.07, 6.45) is 7.79. The lowest BCUT2D eigenvalue weighted by molar-refractivity contribution is 0.0967. The van der Waals surface area contributed by atoms with Crippen molar-refractivity contribution in [2.45, 2.75) is 26.4 Å². The van der Waals surface area contributed by atoms with Crippen LogP contribution in [0.5, 0.6) is 0 Å². The number of rotatable bonds is 3. The summed E-state index contributed by atoms with van der Waals surface area (Å²) in [7, 11) is 0. The highest BCUT2D eigenvalue weighted by atomic mass is 16.5. The Morgan fingerprint density at radius 3 is 2.90 bits per heavy atom. The monoisotopic (exact) mass is 138 g/mol. The summed E-state index contributed by atoms with van der Waals surface area (Å²) >= 11 is 0. The molecule has 1 nitrogen and oxygen atoms in total. The van der Waals surface area contributed by atoms with E-state index in [1.54, 1.807) is 0 Å². The number of hydrogen-bond donors (Lipinski definition) is 0. The summed E-state index contributed by atoms with van der Waals surface area (Å²) in [5.74, 6) is 0. The van der Waals surface area contributed by atoms with E-state index in [0.717, 1.165) is 13.0 Å². The standard InChI is InChI=1S/C9H14O/c1-8(2)10-7-9-5-3-4-6-9/h3-5,8H,6-7H2,1-2H3. The van der Waals surface area contributed by atoms with Gasteiger partial charge in [0, 0.05) is 0 Å². The smallest absolute Gasteiger partial charge is 0.0686 e. The van der Waals surface area contributed by atoms with E-state index in [9.17, 15) is 0 Å². The molecule has 56 valence electrons. The Morgan fingerprint density at radius 2 is 2.40 bits per heavy atom. The van der Waals surface area contributed by atoms with E-state index in [2.05, 4.69) is 32.1 Å². The molecule has 0 fully saturated rings. The van der Waals surface area contributed by atoms with E-state index >= 15 is 0 Å². The zero-order valence-electron chi connectivity index (χ0n) is 6.63. The second-order valence-electron chi connectivity index (χ2n) is 2.82. The fraction of sp³-hybridized carbons (Fsp3) is 0.556. The number of allylic oxidation sites excluding steroid dienone is 3. The molecular weight excluding hydrogens is 124 g/mol. The molecule has 0 radical (unpaired) electrons. The van der Waals surface area contributed by atoms with Gasteiger partial charge in [0.05, 0.1) is 12.7 Å². The van der Waals surface area contributed by atoms with Crippen LogP contribution in [0.25, 0.3) is 0 Å². The third kappa shape index (κ3) is 2.36. The molecule has 0 heterocycles. The van der Waals surface area contributed by atoms with Crippen molar-refractivity contribution < 1.29 is 4.74 Å². The predicted octanol–water partition coefficient (Wildman–Crippen LogP) is 2.30. The summed E-state index contributed by atoms with van der Waals surface area (Å²) in [4.78, 5) is 0. The summed E-state index contributed by atoms with van der Waals surface area (Å²) in [5.41, 5.74) is 1.38. The van der Waals surface area contributed by atoms with Crippen molar-refractivity contribution >= 4 is 0 Å². The average Bonchev–Trinajstić information content (AvgIpc) is 2.34. The van der Waals surface area contributed by atoms with Gasteiger partial charge in [0.2, 0.25) is 0 Å². The second-order valence-corrected chi connectivity index (χ2v) is 2.82. The third-order valence-corrected chi connectivity index (χ3v) is 1.45. The van der Waals surface area contributed by atoms with Gasteiger partial charge >= 0.3 is 0 Å². The molecule has 0 N–H and O–H groups in total. The van der Waals surface area contributed by atoms with Gasteiger partial charge in [0.25, 0.3) is 0 Å². The molecular formula is C9H14O. The molecule has 0 aromatic heterocycles.